The van der Waals surface area contributed by atoms with Crippen LogP contribution in [0.5, 0.6) is 0 Å². The molecule has 4 nitrogen and oxygen atoms in total. The van der Waals surface area contributed by atoms with Gasteiger partial charge in [0.05, 0.1) is 11.6 Å². The van der Waals surface area contributed by atoms with Crippen molar-refractivity contribution in [1.29, 1.82) is 0 Å². The number of carboxylic acid groups (broad SMARTS) is 1. The first-order chi connectivity index (χ1) is 14.0. The number of carbonyl (C=O) groups is 1. The van der Waals surface area contributed by atoms with Crippen LogP contribution >= 0.6 is 12.0 Å². The van der Waals surface area contributed by atoms with Gasteiger partial charge in [0.1, 0.15) is 5.92 Å². The molecule has 30 heavy (non-hydrogen) atoms. The highest BCUT2D eigenvalue weighted by atomic mass is 32.2. The van der Waals surface area contributed by atoms with Gasteiger partial charge >= 0.3 is 5.97 Å². The Labute approximate surface area is 187 Å². The standard InChI is InChI=1S/C18H21NO3S.C5H12.C2H6/c1-4-15-9-8-14-7-5-13(11-17(14)19-15)6-10-16(18(20)21)12(2)22-23-3;1-5(2,3)4;1-2/h5-12,16H,4H2,1-3H3,(H,20,21);1-4H3;1-2H3/b10-6+;;/t12?,16-;;/m1../s1. The normalized spacial score (nSPS) is 13.1. The minimum atomic E-state index is -0.894. The summed E-state index contributed by atoms with van der Waals surface area (Å²) in [4.78, 5) is 16.0. The number of hydrogen-bond donors (Lipinski definition) is 1. The Kier molecular flexibility index (Phi) is 13.3. The van der Waals surface area contributed by atoms with Gasteiger partial charge in [0.15, 0.2) is 0 Å². The fraction of sp³-hybridized carbons (Fsp3) is 0.520. The molecule has 0 saturated heterocycles. The second-order valence-electron chi connectivity index (χ2n) is 8.30. The van der Waals surface area contributed by atoms with Crippen molar-refractivity contribution in [3.8, 4) is 0 Å². The van der Waals surface area contributed by atoms with Gasteiger partial charge < -0.3 is 9.29 Å². The van der Waals surface area contributed by atoms with Crippen LogP contribution in [0.2, 0.25) is 0 Å². The van der Waals surface area contributed by atoms with Gasteiger partial charge in [-0.15, -0.1) is 0 Å². The maximum atomic E-state index is 11.4. The zero-order valence-electron chi connectivity index (χ0n) is 20.0. The van der Waals surface area contributed by atoms with Gasteiger partial charge in [0.25, 0.3) is 0 Å². The number of rotatable bonds is 7. The summed E-state index contributed by atoms with van der Waals surface area (Å²) < 4.78 is 5.33. The molecule has 2 atom stereocenters. The fourth-order valence-corrected chi connectivity index (χ4v) is 2.77. The van der Waals surface area contributed by atoms with Crippen LogP contribution in [-0.4, -0.2) is 28.4 Å². The molecule has 1 heterocycles. The lowest BCUT2D eigenvalue weighted by atomic mass is 10.0. The lowest BCUT2D eigenvalue weighted by molar-refractivity contribution is -0.142. The predicted octanol–water partition coefficient (Wildman–Crippen LogP) is 7.27. The van der Waals surface area contributed by atoms with Gasteiger partial charge in [-0.25, -0.2) is 0 Å². The van der Waals surface area contributed by atoms with E-state index >= 15 is 0 Å². The zero-order chi connectivity index (χ0) is 23.3. The molecule has 0 aliphatic rings. The van der Waals surface area contributed by atoms with Crippen LogP contribution in [0.4, 0.5) is 0 Å². The quantitative estimate of drug-likeness (QED) is 0.465. The average molecular weight is 434 g/mol. The molecule has 0 bridgehead atoms. The van der Waals surface area contributed by atoms with Crippen molar-refractivity contribution >= 4 is 35.0 Å². The molecular formula is C25H39NO3S. The molecule has 0 aliphatic heterocycles. The van der Waals surface area contributed by atoms with Crippen LogP contribution in [0.15, 0.2) is 36.4 Å². The Balaban J connectivity index is 0.00000105. The van der Waals surface area contributed by atoms with E-state index in [9.17, 15) is 9.90 Å². The number of pyridine rings is 1. The molecule has 0 spiro atoms. The third-order valence-corrected chi connectivity index (χ3v) is 4.17. The molecular weight excluding hydrogens is 394 g/mol. The Hall–Kier alpha value is -1.85. The minimum Gasteiger partial charge on any atom is -0.481 e. The van der Waals surface area contributed by atoms with Crippen molar-refractivity contribution in [3.05, 3.63) is 47.7 Å². The van der Waals surface area contributed by atoms with Crippen LogP contribution in [0.1, 0.15) is 66.6 Å². The third kappa shape index (κ3) is 11.4. The molecule has 5 heteroatoms. The maximum absolute atomic E-state index is 11.4. The SMILES string of the molecule is CC.CC(C)(C)C.CCc1ccc2ccc(/C=C/[C@@H](C(=O)O)C(C)OSC)cc2n1. The summed E-state index contributed by atoms with van der Waals surface area (Å²) in [7, 11) is 0. The molecule has 1 unspecified atom stereocenters. The van der Waals surface area contributed by atoms with Crippen LogP contribution in [0, 0.1) is 11.3 Å². The Morgan fingerprint density at radius 2 is 1.77 bits per heavy atom. The molecule has 2 rings (SSSR count). The smallest absolute Gasteiger partial charge is 0.313 e. The molecule has 0 radical (unpaired) electrons. The van der Waals surface area contributed by atoms with Crippen molar-refractivity contribution < 1.29 is 14.1 Å². The summed E-state index contributed by atoms with van der Waals surface area (Å²) in [6, 6.07) is 10.0. The van der Waals surface area contributed by atoms with E-state index in [1.165, 1.54) is 12.0 Å². The van der Waals surface area contributed by atoms with Gasteiger partial charge in [-0.3, -0.25) is 9.78 Å². The summed E-state index contributed by atoms with van der Waals surface area (Å²) in [5.41, 5.74) is 3.40. The Morgan fingerprint density at radius 1 is 1.20 bits per heavy atom. The Bertz CT molecular complexity index is 791. The number of hydrogen-bond acceptors (Lipinski definition) is 4. The van der Waals surface area contributed by atoms with Crippen molar-refractivity contribution in [3.63, 3.8) is 0 Å². The van der Waals surface area contributed by atoms with Crippen molar-refractivity contribution in [1.82, 2.24) is 4.98 Å². The number of aromatic nitrogens is 1. The first kappa shape index (κ1) is 28.2. The highest BCUT2D eigenvalue weighted by molar-refractivity contribution is 7.93. The lowest BCUT2D eigenvalue weighted by Gasteiger charge is -2.15. The lowest BCUT2D eigenvalue weighted by Crippen LogP contribution is -2.24. The third-order valence-electron chi connectivity index (χ3n) is 3.67. The van der Waals surface area contributed by atoms with E-state index in [-0.39, 0.29) is 0 Å². The van der Waals surface area contributed by atoms with E-state index in [0.717, 1.165) is 28.6 Å². The summed E-state index contributed by atoms with van der Waals surface area (Å²) in [6.07, 6.45) is 5.76. The highest BCUT2D eigenvalue weighted by Crippen LogP contribution is 2.19. The second-order valence-corrected chi connectivity index (χ2v) is 8.83. The molecule has 1 N–H and O–H groups in total. The molecule has 2 aromatic rings. The minimum absolute atomic E-state index is 0.399. The van der Waals surface area contributed by atoms with Gasteiger partial charge in [0, 0.05) is 17.3 Å². The Morgan fingerprint density at radius 3 is 2.27 bits per heavy atom. The molecule has 0 saturated carbocycles. The van der Waals surface area contributed by atoms with Crippen LogP contribution in [0.25, 0.3) is 17.0 Å². The first-order valence-electron chi connectivity index (χ1n) is 10.5. The van der Waals surface area contributed by atoms with Crippen molar-refractivity contribution in [2.75, 3.05) is 6.26 Å². The largest absolute Gasteiger partial charge is 0.481 e. The van der Waals surface area contributed by atoms with Crippen LogP contribution < -0.4 is 0 Å². The summed E-state index contributed by atoms with van der Waals surface area (Å²) in [6.45, 7) is 16.6. The number of aliphatic carboxylic acids is 1. The van der Waals surface area contributed by atoms with Gasteiger partial charge in [-0.05, 0) is 48.5 Å². The summed E-state index contributed by atoms with van der Waals surface area (Å²) in [5.74, 6) is -1.58. The summed E-state index contributed by atoms with van der Waals surface area (Å²) in [5, 5.41) is 10.4. The van der Waals surface area contributed by atoms with Gasteiger partial charge in [-0.1, -0.05) is 78.8 Å². The number of carboxylic acids is 1. The highest BCUT2D eigenvalue weighted by Gasteiger charge is 2.22. The number of benzene rings is 1. The average Bonchev–Trinajstić information content (AvgIpc) is 2.67. The van der Waals surface area contributed by atoms with E-state index < -0.39 is 18.0 Å². The first-order valence-corrected chi connectivity index (χ1v) is 11.7. The maximum Gasteiger partial charge on any atom is 0.313 e. The monoisotopic (exact) mass is 433 g/mol. The predicted molar refractivity (Wildman–Crippen MR) is 132 cm³/mol. The molecule has 168 valence electrons. The second kappa shape index (κ2) is 14.2. The number of nitrogens with zero attached hydrogens (tertiary/aromatic N) is 1. The molecule has 1 aromatic carbocycles. The summed E-state index contributed by atoms with van der Waals surface area (Å²) >= 11 is 1.18. The molecule has 1 aromatic heterocycles. The topological polar surface area (TPSA) is 59.4 Å². The molecule has 0 amide bonds. The number of aryl methyl sites for hydroxylation is 1. The number of fused-ring (bicyclic) bond motifs is 1. The van der Waals surface area contributed by atoms with Gasteiger partial charge in [0.2, 0.25) is 0 Å². The van der Waals surface area contributed by atoms with Crippen LogP contribution in [0.3, 0.4) is 0 Å². The van der Waals surface area contributed by atoms with Crippen molar-refractivity contribution in [2.45, 2.75) is 67.9 Å². The van der Waals surface area contributed by atoms with Crippen molar-refractivity contribution in [2.24, 2.45) is 11.3 Å². The van der Waals surface area contributed by atoms with E-state index in [1.807, 2.05) is 44.2 Å². The molecule has 0 aliphatic carbocycles. The van der Waals surface area contributed by atoms with E-state index in [4.69, 9.17) is 4.18 Å². The van der Waals surface area contributed by atoms with Gasteiger partial charge in [-0.2, -0.15) is 0 Å². The molecule has 0 fully saturated rings. The zero-order valence-corrected chi connectivity index (χ0v) is 20.8. The van der Waals surface area contributed by atoms with E-state index in [0.29, 0.717) is 5.41 Å². The van der Waals surface area contributed by atoms with E-state index in [1.54, 1.807) is 19.3 Å². The van der Waals surface area contributed by atoms with Crippen LogP contribution in [-0.2, 0) is 15.4 Å². The fourth-order valence-electron chi connectivity index (χ4n) is 2.34. The van der Waals surface area contributed by atoms with E-state index in [2.05, 4.69) is 45.7 Å².